The number of carbonyl (C=O) groups excluding carboxylic acids is 1. The van der Waals surface area contributed by atoms with Crippen LogP contribution in [0.1, 0.15) is 99.8 Å². The Morgan fingerprint density at radius 3 is 2.09 bits per heavy atom. The summed E-state index contributed by atoms with van der Waals surface area (Å²) in [6.07, 6.45) is 7.35. The second-order valence-electron chi connectivity index (χ2n) is 11.9. The Morgan fingerprint density at radius 2 is 1.56 bits per heavy atom. The fourth-order valence-electron chi connectivity index (χ4n) is 5.51. The molecule has 0 fully saturated rings. The maximum Gasteiger partial charge on any atom is 0.326 e. The van der Waals surface area contributed by atoms with Gasteiger partial charge in [-0.05, 0) is 78.3 Å². The molecule has 0 spiro atoms. The molecular weight excluding hydrogens is 532 g/mol. The van der Waals surface area contributed by atoms with Gasteiger partial charge in [0.25, 0.3) is 0 Å². The number of aliphatic imine (C=N–C) groups is 1. The number of benzene rings is 3. The minimum Gasteiger partial charge on any atom is -0.493 e. The molecule has 2 unspecified atom stereocenters. The molecule has 6 nitrogen and oxygen atoms in total. The number of nitriles is 1. The van der Waals surface area contributed by atoms with E-state index in [4.69, 9.17) is 16.2 Å². The van der Waals surface area contributed by atoms with Crippen LogP contribution in [0.25, 0.3) is 0 Å². The highest BCUT2D eigenvalue weighted by atomic mass is 16.5. The molecule has 1 aliphatic heterocycles. The van der Waals surface area contributed by atoms with E-state index in [1.807, 2.05) is 59.2 Å². The molecular formula is C37H42N4O2. The summed E-state index contributed by atoms with van der Waals surface area (Å²) >= 11 is 0. The fraction of sp³-hybridized carbons (Fsp3) is 0.378. The normalized spacial score (nSPS) is 16.3. The van der Waals surface area contributed by atoms with Crippen LogP contribution in [-0.4, -0.2) is 41.4 Å². The first-order valence-electron chi connectivity index (χ1n) is 15.2. The van der Waals surface area contributed by atoms with E-state index in [0.717, 1.165) is 40.7 Å². The molecule has 3 aromatic rings. The molecule has 0 aromatic heterocycles. The SMILES string of the molecule is C#Cc1ccc(C2N=C(c3ccc(C(C)(C)C)cc3OCC)N(C(=O)N(CCC)CCC)C2c2ccc(C#N)cc2)cc1. The molecule has 0 N–H and O–H groups in total. The summed E-state index contributed by atoms with van der Waals surface area (Å²) in [5.41, 5.74) is 5.02. The van der Waals surface area contributed by atoms with Gasteiger partial charge in [-0.15, -0.1) is 6.42 Å². The van der Waals surface area contributed by atoms with Crippen molar-refractivity contribution in [1.29, 1.82) is 5.26 Å². The van der Waals surface area contributed by atoms with Gasteiger partial charge in [0.15, 0.2) is 0 Å². The Balaban J connectivity index is 1.99. The Labute approximate surface area is 257 Å². The van der Waals surface area contributed by atoms with Crippen molar-refractivity contribution < 1.29 is 9.53 Å². The fourth-order valence-corrected chi connectivity index (χ4v) is 5.51. The minimum absolute atomic E-state index is 0.0806. The van der Waals surface area contributed by atoms with E-state index < -0.39 is 12.1 Å². The van der Waals surface area contributed by atoms with Gasteiger partial charge in [-0.25, -0.2) is 4.79 Å². The zero-order valence-corrected chi connectivity index (χ0v) is 26.2. The summed E-state index contributed by atoms with van der Waals surface area (Å²) < 4.78 is 6.22. The molecule has 0 aliphatic carbocycles. The second-order valence-corrected chi connectivity index (χ2v) is 11.9. The summed E-state index contributed by atoms with van der Waals surface area (Å²) in [6.45, 7) is 14.4. The van der Waals surface area contributed by atoms with Gasteiger partial charge in [-0.2, -0.15) is 5.26 Å². The van der Waals surface area contributed by atoms with Gasteiger partial charge in [0, 0.05) is 18.7 Å². The van der Waals surface area contributed by atoms with Crippen molar-refractivity contribution in [2.45, 2.75) is 71.9 Å². The summed E-state index contributed by atoms with van der Waals surface area (Å²) in [5.74, 6) is 3.97. The van der Waals surface area contributed by atoms with E-state index in [0.29, 0.717) is 36.8 Å². The third-order valence-electron chi connectivity index (χ3n) is 7.72. The molecule has 1 aliphatic rings. The predicted molar refractivity (Wildman–Crippen MR) is 173 cm³/mol. The maximum absolute atomic E-state index is 14.6. The standard InChI is InChI=1S/C37H42N4O2/c1-8-22-40(23-9-2)36(42)41-34(29-18-14-27(25-38)15-19-29)33(28-16-12-26(10-3)13-17-28)39-35(41)31-21-20-30(37(5,6)7)24-32(31)43-11-4/h3,12-21,24,33-34H,8-9,11,22-23H2,1-2,4-7H3. The lowest BCUT2D eigenvalue weighted by molar-refractivity contribution is 0.163. The smallest absolute Gasteiger partial charge is 0.326 e. The van der Waals surface area contributed by atoms with Gasteiger partial charge in [0.05, 0.1) is 29.8 Å². The summed E-state index contributed by atoms with van der Waals surface area (Å²) in [5, 5.41) is 9.48. The van der Waals surface area contributed by atoms with Crippen LogP contribution < -0.4 is 4.74 Å². The molecule has 2 atom stereocenters. The van der Waals surface area contributed by atoms with Crippen LogP contribution in [0.15, 0.2) is 71.7 Å². The molecule has 1 heterocycles. The number of terminal acetylenes is 1. The molecule has 222 valence electrons. The number of nitrogens with zero attached hydrogens (tertiary/aromatic N) is 4. The van der Waals surface area contributed by atoms with Crippen LogP contribution >= 0.6 is 0 Å². The summed E-state index contributed by atoms with van der Waals surface area (Å²) in [7, 11) is 0. The second kappa shape index (κ2) is 13.6. The molecule has 3 aromatic carbocycles. The molecule has 0 bridgehead atoms. The third kappa shape index (κ3) is 6.76. The van der Waals surface area contributed by atoms with Crippen molar-refractivity contribution in [3.63, 3.8) is 0 Å². The van der Waals surface area contributed by atoms with E-state index in [-0.39, 0.29) is 11.4 Å². The lowest BCUT2D eigenvalue weighted by atomic mass is 9.86. The zero-order valence-electron chi connectivity index (χ0n) is 26.2. The van der Waals surface area contributed by atoms with Gasteiger partial charge in [0.2, 0.25) is 0 Å². The first-order chi connectivity index (χ1) is 20.7. The number of hydrogen-bond donors (Lipinski definition) is 0. The average molecular weight is 575 g/mol. The largest absolute Gasteiger partial charge is 0.493 e. The van der Waals surface area contributed by atoms with Crippen molar-refractivity contribution in [1.82, 2.24) is 9.80 Å². The molecule has 6 heteroatoms. The number of ether oxygens (including phenoxy) is 1. The quantitative estimate of drug-likeness (QED) is 0.243. The van der Waals surface area contributed by atoms with E-state index in [2.05, 4.69) is 58.7 Å². The van der Waals surface area contributed by atoms with Crippen LogP contribution in [0.4, 0.5) is 4.79 Å². The monoisotopic (exact) mass is 574 g/mol. The number of amidine groups is 1. The molecule has 0 saturated heterocycles. The summed E-state index contributed by atoms with van der Waals surface area (Å²) in [6, 6.07) is 22.8. The van der Waals surface area contributed by atoms with Crippen molar-refractivity contribution in [2.24, 2.45) is 4.99 Å². The Morgan fingerprint density at radius 1 is 0.953 bits per heavy atom. The van der Waals surface area contributed by atoms with Gasteiger partial charge in [-0.3, -0.25) is 9.89 Å². The van der Waals surface area contributed by atoms with E-state index in [1.165, 1.54) is 0 Å². The highest BCUT2D eigenvalue weighted by Gasteiger charge is 2.44. The van der Waals surface area contributed by atoms with Crippen molar-refractivity contribution in [2.75, 3.05) is 19.7 Å². The van der Waals surface area contributed by atoms with Crippen LogP contribution in [0.2, 0.25) is 0 Å². The first kappa shape index (κ1) is 31.4. The number of carbonyl (C=O) groups is 1. The zero-order chi connectivity index (χ0) is 31.1. The van der Waals surface area contributed by atoms with Gasteiger partial charge >= 0.3 is 6.03 Å². The number of urea groups is 1. The average Bonchev–Trinajstić information content (AvgIpc) is 3.40. The maximum atomic E-state index is 14.6. The van der Waals surface area contributed by atoms with E-state index >= 15 is 0 Å². The molecule has 43 heavy (non-hydrogen) atoms. The van der Waals surface area contributed by atoms with Crippen LogP contribution in [0, 0.1) is 23.7 Å². The van der Waals surface area contributed by atoms with E-state index in [1.54, 1.807) is 12.1 Å². The number of rotatable bonds is 9. The Bertz CT molecular complexity index is 1530. The van der Waals surface area contributed by atoms with Crippen molar-refractivity contribution >= 4 is 11.9 Å². The van der Waals surface area contributed by atoms with E-state index in [9.17, 15) is 10.1 Å². The molecule has 2 amide bonds. The first-order valence-corrected chi connectivity index (χ1v) is 15.2. The Hall–Kier alpha value is -4.55. The van der Waals surface area contributed by atoms with Crippen LogP contribution in [-0.2, 0) is 5.41 Å². The minimum atomic E-state index is -0.445. The molecule has 0 saturated carbocycles. The van der Waals surface area contributed by atoms with Crippen molar-refractivity contribution in [3.05, 3.63) is 100 Å². The number of hydrogen-bond acceptors (Lipinski definition) is 4. The molecule has 4 rings (SSSR count). The predicted octanol–water partition coefficient (Wildman–Crippen LogP) is 8.02. The van der Waals surface area contributed by atoms with Crippen LogP contribution in [0.3, 0.4) is 0 Å². The third-order valence-corrected chi connectivity index (χ3v) is 7.72. The lowest BCUT2D eigenvalue weighted by Crippen LogP contribution is -2.47. The summed E-state index contributed by atoms with van der Waals surface area (Å²) in [4.78, 5) is 23.7. The topological polar surface area (TPSA) is 68.9 Å². The van der Waals surface area contributed by atoms with Gasteiger partial charge < -0.3 is 9.64 Å². The van der Waals surface area contributed by atoms with Gasteiger partial charge in [-0.1, -0.05) is 70.9 Å². The Kier molecular flexibility index (Phi) is 9.94. The lowest BCUT2D eigenvalue weighted by Gasteiger charge is -2.34. The highest BCUT2D eigenvalue weighted by molar-refractivity contribution is 6.11. The highest BCUT2D eigenvalue weighted by Crippen LogP contribution is 2.45. The van der Waals surface area contributed by atoms with Crippen molar-refractivity contribution in [3.8, 4) is 24.2 Å². The van der Waals surface area contributed by atoms with Crippen LogP contribution in [0.5, 0.6) is 5.75 Å². The molecule has 0 radical (unpaired) electrons. The number of amides is 2. The van der Waals surface area contributed by atoms with Gasteiger partial charge in [0.1, 0.15) is 17.6 Å².